The van der Waals surface area contributed by atoms with E-state index in [1.165, 1.54) is 29.2 Å². The Hall–Kier alpha value is -1.30. The highest BCUT2D eigenvalue weighted by Crippen LogP contribution is 2.28. The van der Waals surface area contributed by atoms with Crippen molar-refractivity contribution in [3.05, 3.63) is 47.0 Å². The fourth-order valence-electron chi connectivity index (χ4n) is 2.82. The molecule has 0 saturated carbocycles. The quantitative estimate of drug-likeness (QED) is 0.694. The van der Waals surface area contributed by atoms with Crippen LogP contribution in [0.25, 0.3) is 10.8 Å². The lowest BCUT2D eigenvalue weighted by Crippen LogP contribution is -2.00. The standard InChI is InChI=1S/C17H22/c1-4-9-17-15(6-3)13(5-2)12-14-10-7-8-11-16(14)17/h7-8,10-12H,4-6,9H2,1-3H3. The number of rotatable bonds is 4. The first-order chi connectivity index (χ1) is 8.31. The summed E-state index contributed by atoms with van der Waals surface area (Å²) in [6.45, 7) is 6.81. The summed E-state index contributed by atoms with van der Waals surface area (Å²) in [5.74, 6) is 0. The van der Waals surface area contributed by atoms with Crippen LogP contribution in [0.3, 0.4) is 0 Å². The number of fused-ring (bicyclic) bond motifs is 1. The summed E-state index contributed by atoms with van der Waals surface area (Å²) in [6.07, 6.45) is 4.73. The van der Waals surface area contributed by atoms with Gasteiger partial charge < -0.3 is 0 Å². The van der Waals surface area contributed by atoms with Crippen LogP contribution in [0.4, 0.5) is 0 Å². The van der Waals surface area contributed by atoms with E-state index in [-0.39, 0.29) is 0 Å². The van der Waals surface area contributed by atoms with Crippen molar-refractivity contribution >= 4 is 10.8 Å². The van der Waals surface area contributed by atoms with Gasteiger partial charge in [0.25, 0.3) is 0 Å². The number of benzene rings is 2. The maximum absolute atomic E-state index is 2.38. The first-order valence-electron chi connectivity index (χ1n) is 6.84. The molecule has 0 spiro atoms. The van der Waals surface area contributed by atoms with Crippen LogP contribution in [0.2, 0.25) is 0 Å². The molecular formula is C17H22. The van der Waals surface area contributed by atoms with E-state index in [1.54, 1.807) is 11.1 Å². The molecule has 0 heteroatoms. The second-order valence-corrected chi connectivity index (χ2v) is 4.67. The third-order valence-corrected chi connectivity index (χ3v) is 3.60. The highest BCUT2D eigenvalue weighted by Gasteiger charge is 2.09. The summed E-state index contributed by atoms with van der Waals surface area (Å²) in [6, 6.07) is 11.2. The third kappa shape index (κ3) is 2.22. The molecule has 0 saturated heterocycles. The first-order valence-corrected chi connectivity index (χ1v) is 6.84. The molecule has 0 unspecified atom stereocenters. The van der Waals surface area contributed by atoms with Gasteiger partial charge in [-0.2, -0.15) is 0 Å². The van der Waals surface area contributed by atoms with Gasteiger partial charge in [-0.25, -0.2) is 0 Å². The Morgan fingerprint density at radius 3 is 2.29 bits per heavy atom. The summed E-state index contributed by atoms with van der Waals surface area (Å²) < 4.78 is 0. The molecule has 0 nitrogen and oxygen atoms in total. The van der Waals surface area contributed by atoms with Crippen LogP contribution in [-0.2, 0) is 19.3 Å². The molecule has 0 aromatic heterocycles. The van der Waals surface area contributed by atoms with Crippen LogP contribution in [0.15, 0.2) is 30.3 Å². The lowest BCUT2D eigenvalue weighted by molar-refractivity contribution is 0.897. The van der Waals surface area contributed by atoms with E-state index in [2.05, 4.69) is 51.1 Å². The maximum Gasteiger partial charge on any atom is -0.0149 e. The molecule has 0 fully saturated rings. The van der Waals surface area contributed by atoms with Gasteiger partial charge >= 0.3 is 0 Å². The molecule has 0 atom stereocenters. The Morgan fingerprint density at radius 1 is 0.882 bits per heavy atom. The van der Waals surface area contributed by atoms with Gasteiger partial charge in [0.15, 0.2) is 0 Å². The highest BCUT2D eigenvalue weighted by molar-refractivity contribution is 5.87. The Bertz CT molecular complexity index is 509. The van der Waals surface area contributed by atoms with E-state index in [1.807, 2.05) is 0 Å². The smallest absolute Gasteiger partial charge is 0.0149 e. The number of hydrogen-bond donors (Lipinski definition) is 0. The fourth-order valence-corrected chi connectivity index (χ4v) is 2.82. The van der Waals surface area contributed by atoms with Gasteiger partial charge in [0.1, 0.15) is 0 Å². The van der Waals surface area contributed by atoms with Crippen LogP contribution in [0.1, 0.15) is 43.9 Å². The maximum atomic E-state index is 2.38. The number of hydrogen-bond acceptors (Lipinski definition) is 0. The van der Waals surface area contributed by atoms with Crippen LogP contribution in [-0.4, -0.2) is 0 Å². The molecule has 90 valence electrons. The van der Waals surface area contributed by atoms with Crippen LogP contribution in [0, 0.1) is 0 Å². The van der Waals surface area contributed by atoms with E-state index in [0.717, 1.165) is 12.8 Å². The summed E-state index contributed by atoms with van der Waals surface area (Å²) in [5.41, 5.74) is 4.72. The molecule has 2 rings (SSSR count). The molecule has 2 aromatic carbocycles. The summed E-state index contributed by atoms with van der Waals surface area (Å²) in [5, 5.41) is 2.87. The van der Waals surface area contributed by atoms with Gasteiger partial charge in [-0.15, -0.1) is 0 Å². The van der Waals surface area contributed by atoms with Crippen molar-refractivity contribution in [2.24, 2.45) is 0 Å². The molecular weight excluding hydrogens is 204 g/mol. The average Bonchev–Trinajstić information content (AvgIpc) is 2.38. The molecule has 0 aliphatic carbocycles. The van der Waals surface area contributed by atoms with Gasteiger partial charge in [-0.1, -0.05) is 57.5 Å². The van der Waals surface area contributed by atoms with E-state index in [4.69, 9.17) is 0 Å². The SMILES string of the molecule is CCCc1c(CC)c(CC)cc2ccccc12. The van der Waals surface area contributed by atoms with Crippen LogP contribution < -0.4 is 0 Å². The van der Waals surface area contributed by atoms with Gasteiger partial charge in [0, 0.05) is 0 Å². The highest BCUT2D eigenvalue weighted by atomic mass is 14.1. The average molecular weight is 226 g/mol. The molecule has 0 radical (unpaired) electrons. The normalized spacial score (nSPS) is 11.0. The topological polar surface area (TPSA) is 0 Å². The van der Waals surface area contributed by atoms with Crippen molar-refractivity contribution in [3.63, 3.8) is 0 Å². The van der Waals surface area contributed by atoms with Crippen LogP contribution >= 0.6 is 0 Å². The lowest BCUT2D eigenvalue weighted by Gasteiger charge is -2.16. The van der Waals surface area contributed by atoms with Gasteiger partial charge in [-0.05, 0) is 46.7 Å². The zero-order valence-electron chi connectivity index (χ0n) is 11.2. The Kier molecular flexibility index (Phi) is 3.83. The summed E-state index contributed by atoms with van der Waals surface area (Å²) in [7, 11) is 0. The van der Waals surface area contributed by atoms with Gasteiger partial charge in [0.2, 0.25) is 0 Å². The summed E-state index contributed by atoms with van der Waals surface area (Å²) >= 11 is 0. The van der Waals surface area contributed by atoms with E-state index in [0.29, 0.717) is 0 Å². The molecule has 0 bridgehead atoms. The van der Waals surface area contributed by atoms with Crippen molar-refractivity contribution in [2.45, 2.75) is 46.5 Å². The fraction of sp³-hybridized carbons (Fsp3) is 0.412. The zero-order chi connectivity index (χ0) is 12.3. The minimum Gasteiger partial charge on any atom is -0.0651 e. The Labute approximate surface area is 105 Å². The molecule has 0 heterocycles. The van der Waals surface area contributed by atoms with Gasteiger partial charge in [-0.3, -0.25) is 0 Å². The zero-order valence-corrected chi connectivity index (χ0v) is 11.2. The molecule has 17 heavy (non-hydrogen) atoms. The lowest BCUT2D eigenvalue weighted by atomic mass is 9.89. The van der Waals surface area contributed by atoms with E-state index < -0.39 is 0 Å². The van der Waals surface area contributed by atoms with Crippen molar-refractivity contribution < 1.29 is 0 Å². The predicted octanol–water partition coefficient (Wildman–Crippen LogP) is 4.92. The molecule has 2 aromatic rings. The minimum absolute atomic E-state index is 1.14. The second-order valence-electron chi connectivity index (χ2n) is 4.67. The molecule has 0 aliphatic rings. The van der Waals surface area contributed by atoms with Crippen molar-refractivity contribution in [3.8, 4) is 0 Å². The number of aryl methyl sites for hydroxylation is 2. The first kappa shape index (κ1) is 12.2. The van der Waals surface area contributed by atoms with E-state index >= 15 is 0 Å². The second kappa shape index (κ2) is 5.35. The van der Waals surface area contributed by atoms with Crippen molar-refractivity contribution in [1.29, 1.82) is 0 Å². The van der Waals surface area contributed by atoms with Crippen molar-refractivity contribution in [2.75, 3.05) is 0 Å². The van der Waals surface area contributed by atoms with Crippen molar-refractivity contribution in [1.82, 2.24) is 0 Å². The van der Waals surface area contributed by atoms with E-state index in [9.17, 15) is 0 Å². The third-order valence-electron chi connectivity index (χ3n) is 3.60. The largest absolute Gasteiger partial charge is 0.0651 e. The molecule has 0 aliphatic heterocycles. The predicted molar refractivity (Wildman–Crippen MR) is 76.7 cm³/mol. The van der Waals surface area contributed by atoms with Crippen LogP contribution in [0.5, 0.6) is 0 Å². The molecule has 0 N–H and O–H groups in total. The Balaban J connectivity index is 2.75. The Morgan fingerprint density at radius 2 is 1.65 bits per heavy atom. The molecule has 0 amide bonds. The van der Waals surface area contributed by atoms with Gasteiger partial charge in [0.05, 0.1) is 0 Å². The monoisotopic (exact) mass is 226 g/mol. The summed E-state index contributed by atoms with van der Waals surface area (Å²) in [4.78, 5) is 0. The minimum atomic E-state index is 1.14.